The van der Waals surface area contributed by atoms with E-state index >= 15 is 0 Å². The van der Waals surface area contributed by atoms with Crippen molar-refractivity contribution in [2.45, 2.75) is 20.0 Å². The third-order valence-electron chi connectivity index (χ3n) is 3.62. The Kier molecular flexibility index (Phi) is 3.30. The Labute approximate surface area is 108 Å². The van der Waals surface area contributed by atoms with Crippen LogP contribution in [0.15, 0.2) is 24.3 Å². The first kappa shape index (κ1) is 11.7. The minimum absolute atomic E-state index is 0.933. The molecule has 3 rings (SSSR count). The third kappa shape index (κ3) is 2.13. The summed E-state index contributed by atoms with van der Waals surface area (Å²) >= 11 is 0. The molecule has 2 aromatic rings. The first-order chi connectivity index (χ1) is 8.88. The van der Waals surface area contributed by atoms with Crippen molar-refractivity contribution in [1.82, 2.24) is 20.0 Å². The van der Waals surface area contributed by atoms with Crippen LogP contribution in [0.25, 0.3) is 10.9 Å². The second-order valence-electron chi connectivity index (χ2n) is 4.81. The molecule has 0 saturated carbocycles. The van der Waals surface area contributed by atoms with Gasteiger partial charge in [-0.15, -0.1) is 0 Å². The fraction of sp³-hybridized carbons (Fsp3) is 0.500. The highest BCUT2D eigenvalue weighted by Gasteiger charge is 2.14. The van der Waals surface area contributed by atoms with Crippen molar-refractivity contribution in [3.05, 3.63) is 30.0 Å². The standard InChI is InChI=1S/C14H20N4/c1-2-18-14-6-4-3-5-12(14)13(16-18)11-17-9-7-15-8-10-17/h3-6,15H,2,7-11H2,1H3. The number of aryl methyl sites for hydroxylation is 1. The maximum absolute atomic E-state index is 4.76. The summed E-state index contributed by atoms with van der Waals surface area (Å²) in [6.45, 7) is 8.46. The maximum Gasteiger partial charge on any atom is 0.0843 e. The number of benzene rings is 1. The number of aromatic nitrogens is 2. The van der Waals surface area contributed by atoms with Gasteiger partial charge in [-0.05, 0) is 13.0 Å². The van der Waals surface area contributed by atoms with Crippen molar-refractivity contribution in [3.8, 4) is 0 Å². The highest BCUT2D eigenvalue weighted by atomic mass is 15.3. The monoisotopic (exact) mass is 244 g/mol. The molecule has 1 N–H and O–H groups in total. The molecular formula is C14H20N4. The summed E-state index contributed by atoms with van der Waals surface area (Å²) in [4.78, 5) is 2.48. The molecular weight excluding hydrogens is 224 g/mol. The lowest BCUT2D eigenvalue weighted by atomic mass is 10.2. The molecule has 4 nitrogen and oxygen atoms in total. The fourth-order valence-electron chi connectivity index (χ4n) is 2.64. The number of hydrogen-bond donors (Lipinski definition) is 1. The molecule has 0 amide bonds. The molecule has 0 bridgehead atoms. The van der Waals surface area contributed by atoms with Gasteiger partial charge in [-0.25, -0.2) is 0 Å². The fourth-order valence-corrected chi connectivity index (χ4v) is 2.64. The number of nitrogens with zero attached hydrogens (tertiary/aromatic N) is 3. The Morgan fingerprint density at radius 3 is 2.78 bits per heavy atom. The first-order valence-electron chi connectivity index (χ1n) is 6.76. The van der Waals surface area contributed by atoms with Crippen LogP contribution >= 0.6 is 0 Å². The molecule has 1 aliphatic rings. The largest absolute Gasteiger partial charge is 0.314 e. The zero-order chi connectivity index (χ0) is 12.4. The van der Waals surface area contributed by atoms with Crippen molar-refractivity contribution in [2.24, 2.45) is 0 Å². The maximum atomic E-state index is 4.76. The Morgan fingerprint density at radius 1 is 1.22 bits per heavy atom. The van der Waals surface area contributed by atoms with Gasteiger partial charge in [-0.1, -0.05) is 18.2 Å². The van der Waals surface area contributed by atoms with Crippen molar-refractivity contribution in [2.75, 3.05) is 26.2 Å². The number of hydrogen-bond acceptors (Lipinski definition) is 3. The molecule has 1 aromatic carbocycles. The predicted molar refractivity (Wildman–Crippen MR) is 73.6 cm³/mol. The van der Waals surface area contributed by atoms with Crippen LogP contribution in [0.5, 0.6) is 0 Å². The van der Waals surface area contributed by atoms with Gasteiger partial charge >= 0.3 is 0 Å². The minimum atomic E-state index is 0.933. The van der Waals surface area contributed by atoms with E-state index in [2.05, 4.69) is 46.1 Å². The molecule has 96 valence electrons. The van der Waals surface area contributed by atoms with Crippen LogP contribution in [0.4, 0.5) is 0 Å². The van der Waals surface area contributed by atoms with Crippen molar-refractivity contribution in [3.63, 3.8) is 0 Å². The van der Waals surface area contributed by atoms with Crippen LogP contribution < -0.4 is 5.32 Å². The number of para-hydroxylation sites is 1. The van der Waals surface area contributed by atoms with E-state index in [1.807, 2.05) is 0 Å². The lowest BCUT2D eigenvalue weighted by molar-refractivity contribution is 0.231. The molecule has 0 radical (unpaired) electrons. The average Bonchev–Trinajstić information content (AvgIpc) is 2.78. The molecule has 0 unspecified atom stereocenters. The summed E-state index contributed by atoms with van der Waals surface area (Å²) in [5.41, 5.74) is 2.47. The van der Waals surface area contributed by atoms with Gasteiger partial charge in [-0.2, -0.15) is 5.10 Å². The molecule has 0 aliphatic carbocycles. The molecule has 1 saturated heterocycles. The summed E-state index contributed by atoms with van der Waals surface area (Å²) in [5, 5.41) is 9.45. The summed E-state index contributed by atoms with van der Waals surface area (Å²) in [5.74, 6) is 0. The summed E-state index contributed by atoms with van der Waals surface area (Å²) in [6, 6.07) is 8.54. The van der Waals surface area contributed by atoms with Crippen molar-refractivity contribution < 1.29 is 0 Å². The summed E-state index contributed by atoms with van der Waals surface area (Å²) in [6.07, 6.45) is 0. The van der Waals surface area contributed by atoms with E-state index in [1.54, 1.807) is 0 Å². The van der Waals surface area contributed by atoms with E-state index in [0.29, 0.717) is 0 Å². The van der Waals surface area contributed by atoms with Gasteiger partial charge < -0.3 is 5.32 Å². The third-order valence-corrected chi connectivity index (χ3v) is 3.62. The molecule has 1 aliphatic heterocycles. The highest BCUT2D eigenvalue weighted by molar-refractivity contribution is 5.81. The van der Waals surface area contributed by atoms with E-state index in [0.717, 1.165) is 39.3 Å². The van der Waals surface area contributed by atoms with Crippen LogP contribution in [0.1, 0.15) is 12.6 Å². The number of piperazine rings is 1. The van der Waals surface area contributed by atoms with E-state index in [-0.39, 0.29) is 0 Å². The number of rotatable bonds is 3. The Hall–Kier alpha value is -1.39. The topological polar surface area (TPSA) is 33.1 Å². The van der Waals surface area contributed by atoms with Gasteiger partial charge in [-0.3, -0.25) is 9.58 Å². The zero-order valence-corrected chi connectivity index (χ0v) is 10.9. The zero-order valence-electron chi connectivity index (χ0n) is 10.9. The van der Waals surface area contributed by atoms with Crippen LogP contribution in [0, 0.1) is 0 Å². The summed E-state index contributed by atoms with van der Waals surface area (Å²) < 4.78 is 2.10. The molecule has 18 heavy (non-hydrogen) atoms. The van der Waals surface area contributed by atoms with Crippen molar-refractivity contribution in [1.29, 1.82) is 0 Å². The van der Waals surface area contributed by atoms with Gasteiger partial charge in [0.25, 0.3) is 0 Å². The van der Waals surface area contributed by atoms with Gasteiger partial charge in [0.05, 0.1) is 11.2 Å². The van der Waals surface area contributed by atoms with Crippen LogP contribution in [-0.2, 0) is 13.1 Å². The second-order valence-corrected chi connectivity index (χ2v) is 4.81. The van der Waals surface area contributed by atoms with Gasteiger partial charge in [0, 0.05) is 44.7 Å². The van der Waals surface area contributed by atoms with E-state index in [4.69, 9.17) is 5.10 Å². The highest BCUT2D eigenvalue weighted by Crippen LogP contribution is 2.19. The van der Waals surface area contributed by atoms with Gasteiger partial charge in [0.1, 0.15) is 0 Å². The number of nitrogens with one attached hydrogen (secondary N) is 1. The molecule has 1 aromatic heterocycles. The quantitative estimate of drug-likeness (QED) is 0.887. The Balaban J connectivity index is 1.91. The Morgan fingerprint density at radius 2 is 2.00 bits per heavy atom. The minimum Gasteiger partial charge on any atom is -0.314 e. The molecule has 0 atom stereocenters. The smallest absolute Gasteiger partial charge is 0.0843 e. The second kappa shape index (κ2) is 5.08. The molecule has 2 heterocycles. The Bertz CT molecular complexity index is 526. The van der Waals surface area contributed by atoms with Gasteiger partial charge in [0.15, 0.2) is 0 Å². The lowest BCUT2D eigenvalue weighted by Crippen LogP contribution is -2.43. The predicted octanol–water partition coefficient (Wildman–Crippen LogP) is 1.46. The van der Waals surface area contributed by atoms with Crippen LogP contribution in [-0.4, -0.2) is 40.9 Å². The lowest BCUT2D eigenvalue weighted by Gasteiger charge is -2.26. The average molecular weight is 244 g/mol. The number of fused-ring (bicyclic) bond motifs is 1. The first-order valence-corrected chi connectivity index (χ1v) is 6.76. The normalized spacial score (nSPS) is 17.4. The van der Waals surface area contributed by atoms with Crippen LogP contribution in [0.2, 0.25) is 0 Å². The molecule has 4 heteroatoms. The van der Waals surface area contributed by atoms with Gasteiger partial charge in [0.2, 0.25) is 0 Å². The molecule has 0 spiro atoms. The van der Waals surface area contributed by atoms with E-state index in [1.165, 1.54) is 16.6 Å². The van der Waals surface area contributed by atoms with E-state index < -0.39 is 0 Å². The SMILES string of the molecule is CCn1nc(CN2CCNCC2)c2ccccc21. The van der Waals surface area contributed by atoms with E-state index in [9.17, 15) is 0 Å². The molecule has 1 fully saturated rings. The van der Waals surface area contributed by atoms with Crippen LogP contribution in [0.3, 0.4) is 0 Å². The summed E-state index contributed by atoms with van der Waals surface area (Å²) in [7, 11) is 0. The van der Waals surface area contributed by atoms with Crippen molar-refractivity contribution >= 4 is 10.9 Å².